The van der Waals surface area contributed by atoms with Gasteiger partial charge in [0.05, 0.1) is 37.0 Å². The third-order valence-corrected chi connectivity index (χ3v) is 17.5. The number of esters is 2. The number of nitrogens with zero attached hydrogens (tertiary/aromatic N) is 7. The van der Waals surface area contributed by atoms with Gasteiger partial charge in [0.1, 0.15) is 83.9 Å². The molecule has 0 radical (unpaired) electrons. The molecule has 10 amide bonds. The van der Waals surface area contributed by atoms with Crippen LogP contribution in [0.3, 0.4) is 0 Å². The molecule has 8 N–H and O–H groups in total. The third kappa shape index (κ3) is 13.9. The second-order valence-electron chi connectivity index (χ2n) is 25.3. The van der Waals surface area contributed by atoms with E-state index in [0.29, 0.717) is 5.56 Å². The van der Waals surface area contributed by atoms with Crippen LogP contribution in [0.5, 0.6) is 0 Å². The summed E-state index contributed by atoms with van der Waals surface area (Å²) in [5.41, 5.74) is 2.84. The average Bonchev–Trinajstić information content (AvgIpc) is 0.934. The molecule has 1 aliphatic carbocycles. The number of hydrogen-bond donors (Lipinski definition) is 7. The molecule has 4 fully saturated rings. The second-order valence-corrected chi connectivity index (χ2v) is 25.3. The number of aryl methyl sites for hydroxylation is 1. The third-order valence-electron chi connectivity index (χ3n) is 17.5. The summed E-state index contributed by atoms with van der Waals surface area (Å²) in [7, 11) is 5.16. The van der Waals surface area contributed by atoms with E-state index in [1.54, 1.807) is 55.4 Å². The maximum absolute atomic E-state index is 15.0. The van der Waals surface area contributed by atoms with E-state index in [2.05, 4.69) is 26.3 Å². The van der Waals surface area contributed by atoms with Crippen LogP contribution in [0.2, 0.25) is 0 Å². The normalized spacial score (nSPS) is 26.9. The first kappa shape index (κ1) is 70.3. The van der Waals surface area contributed by atoms with Crippen LogP contribution in [0.4, 0.5) is 5.69 Å². The molecule has 500 valence electrons. The van der Waals surface area contributed by atoms with Gasteiger partial charge in [-0.25, -0.2) is 14.6 Å². The van der Waals surface area contributed by atoms with Gasteiger partial charge >= 0.3 is 11.9 Å². The van der Waals surface area contributed by atoms with Gasteiger partial charge in [0.15, 0.2) is 17.1 Å². The van der Waals surface area contributed by atoms with Crippen molar-refractivity contribution < 1.29 is 86.4 Å². The van der Waals surface area contributed by atoms with Gasteiger partial charge in [0.25, 0.3) is 5.91 Å². The lowest BCUT2D eigenvalue weighted by Gasteiger charge is -2.37. The van der Waals surface area contributed by atoms with Crippen molar-refractivity contribution in [1.82, 2.24) is 55.7 Å². The highest BCUT2D eigenvalue weighted by atomic mass is 16.6. The molecule has 6 aliphatic rings. The number of likely N-dealkylation sites (N-methyl/N-ethyl adjacent to an activating group) is 4. The summed E-state index contributed by atoms with van der Waals surface area (Å²) >= 11 is 0. The van der Waals surface area contributed by atoms with Gasteiger partial charge in [0, 0.05) is 46.2 Å². The van der Waals surface area contributed by atoms with E-state index >= 15 is 0 Å². The minimum Gasteiger partial charge on any atom is -0.459 e. The van der Waals surface area contributed by atoms with Gasteiger partial charge in [-0.1, -0.05) is 47.6 Å². The summed E-state index contributed by atoms with van der Waals surface area (Å²) in [6.45, 7) is 13.8. The van der Waals surface area contributed by atoms with Gasteiger partial charge in [-0.2, -0.15) is 0 Å². The molecule has 1 aromatic carbocycles. The Balaban J connectivity index is 1.26. The first-order valence-corrected chi connectivity index (χ1v) is 30.2. The lowest BCUT2D eigenvalue weighted by atomic mass is 9.99. The Morgan fingerprint density at radius 2 is 1.33 bits per heavy atom. The molecule has 5 heterocycles. The van der Waals surface area contributed by atoms with Gasteiger partial charge in [-0.05, 0) is 70.4 Å². The summed E-state index contributed by atoms with van der Waals surface area (Å²) in [6.07, 6.45) is -5.53. The molecule has 7 rings (SSSR count). The number of aromatic nitrogens is 1. The zero-order valence-corrected chi connectivity index (χ0v) is 54.1. The monoisotopic (exact) mass is 1290 g/mol. The molecular formula is C61H82N12O19. The number of nitrogens with one attached hydrogen (secondary N) is 4. The Hall–Kier alpha value is -9.13. The minimum absolute atomic E-state index is 0.0295. The Kier molecular flexibility index (Phi) is 21.2. The SMILES string of the molecule is Cc1c2oc3c(C)ccc(C(=O)N[C@@H]4C(=O)N[C@H](C(C)C)C(=O)N5[C@H](C(=O)N(C)CC(=O)N(C)[C@@H](C(C)C)C(=O)O[C@@H]4C)[C@@H](O)C[C@@H]5C)c3nc-2c(C(=O)OC[C@H](O)C2NC(=O)[C@H](C)N(C)C(=O)CN(C)C(=O)[C@@H]3CC(=O)CN3C(=O)[C@@H](C(C)C)NC2=O)c(N)c1=O. The molecule has 31 heteroatoms. The number of carbonyl (C=O) groups excluding carboxylic acids is 13. The predicted molar refractivity (Wildman–Crippen MR) is 324 cm³/mol. The van der Waals surface area contributed by atoms with Crippen molar-refractivity contribution in [2.45, 2.75) is 162 Å². The lowest BCUT2D eigenvalue weighted by molar-refractivity contribution is -0.163. The molecular weight excluding hydrogens is 1200 g/mol. The van der Waals surface area contributed by atoms with E-state index in [9.17, 15) is 77.3 Å². The highest BCUT2D eigenvalue weighted by molar-refractivity contribution is 6.09. The first-order chi connectivity index (χ1) is 42.9. The molecule has 0 spiro atoms. The number of amides is 10. The number of aliphatic hydroxyl groups excluding tert-OH is 2. The fraction of sp³-hybridized carbons (Fsp3) is 0.590. The number of cyclic esters (lactones) is 1. The Bertz CT molecular complexity index is 3550. The number of rotatable bonds is 9. The van der Waals surface area contributed by atoms with Crippen molar-refractivity contribution in [3.63, 3.8) is 0 Å². The lowest BCUT2D eigenvalue weighted by Crippen LogP contribution is -2.62. The van der Waals surface area contributed by atoms with E-state index < -0.39 is 216 Å². The van der Waals surface area contributed by atoms with Crippen molar-refractivity contribution in [1.29, 1.82) is 0 Å². The summed E-state index contributed by atoms with van der Waals surface area (Å²) in [6, 6.07) is -10.3. The molecule has 1 aromatic rings. The number of nitrogens with two attached hydrogens (primary N) is 1. The number of nitrogen functional groups attached to an aromatic ring is 1. The smallest absolute Gasteiger partial charge is 0.342 e. The molecule has 5 aliphatic heterocycles. The van der Waals surface area contributed by atoms with Gasteiger partial charge in [-0.15, -0.1) is 0 Å². The van der Waals surface area contributed by atoms with Gasteiger partial charge < -0.3 is 80.5 Å². The molecule has 0 bridgehead atoms. The van der Waals surface area contributed by atoms with Crippen LogP contribution in [-0.4, -0.2) is 249 Å². The largest absolute Gasteiger partial charge is 0.459 e. The summed E-state index contributed by atoms with van der Waals surface area (Å²) in [5.74, 6) is -14.3. The average molecular weight is 1290 g/mol. The molecule has 4 saturated heterocycles. The number of carbonyl (C=O) groups is 13. The number of ketones is 1. The number of fused-ring (bicyclic) bond motifs is 4. The highest BCUT2D eigenvalue weighted by Crippen LogP contribution is 2.36. The zero-order chi connectivity index (χ0) is 68.7. The number of hydrogen-bond acceptors (Lipinski definition) is 21. The van der Waals surface area contributed by atoms with Crippen LogP contribution in [0.25, 0.3) is 22.6 Å². The van der Waals surface area contributed by atoms with E-state index in [4.69, 9.17) is 19.6 Å². The Labute approximate surface area is 529 Å². The first-order valence-electron chi connectivity index (χ1n) is 30.2. The quantitative estimate of drug-likeness (QED) is 0.0667. The molecule has 1 unspecified atom stereocenters. The van der Waals surface area contributed by atoms with Crippen LogP contribution >= 0.6 is 0 Å². The summed E-state index contributed by atoms with van der Waals surface area (Å²) in [5, 5.41) is 33.2. The fourth-order valence-electron chi connectivity index (χ4n) is 11.8. The van der Waals surface area contributed by atoms with Crippen LogP contribution < -0.4 is 32.4 Å². The van der Waals surface area contributed by atoms with E-state index in [-0.39, 0.29) is 40.8 Å². The summed E-state index contributed by atoms with van der Waals surface area (Å²) < 4.78 is 17.8. The van der Waals surface area contributed by atoms with E-state index in [1.165, 1.54) is 61.1 Å². The van der Waals surface area contributed by atoms with Crippen LogP contribution in [-0.2, 0) is 62.2 Å². The molecule has 0 aromatic heterocycles. The maximum Gasteiger partial charge on any atom is 0.342 e. The maximum atomic E-state index is 15.0. The van der Waals surface area contributed by atoms with Crippen molar-refractivity contribution in [3.8, 4) is 11.5 Å². The number of Topliss-reactive ketones (excluding diaryl/α,β-unsaturated/α-hetero) is 1. The van der Waals surface area contributed by atoms with Gasteiger partial charge in [0.2, 0.25) is 58.6 Å². The predicted octanol–water partition coefficient (Wildman–Crippen LogP) is -2.40. The standard InChI is InChI=1S/C61H82N12O19/c1-24(2)41-57(85)72-20-32(74)19-34(72)56(84)68(12)21-37(77)70(14)30(10)52(80)67-45(55(83)64-41)36(76)23-90-60(88)39-40(62)49(79)29(9)51-46(39)63-44-33(17-16-27(7)50(44)92-51)53(81)66-43-31(11)91-61(89)47(26(5)6)71(15)38(78)22-69(13)59(87)48-35(75)18-28(8)73(48)58(86)42(25(3)4)65-54(43)82/h16-17,24-26,28,30-31,34-36,41-43,45,47-48,75-76H,18-23,62H2,1-15H3,(H,64,83)(H,65,82)(H,66,81)(H,67,80)/t28-,30-,31+,34-,35-,36-,41+,42+,43-,45?,47-,48-/m0/s1. The van der Waals surface area contributed by atoms with Crippen molar-refractivity contribution in [3.05, 3.63) is 44.6 Å². The minimum atomic E-state index is -2.18. The Morgan fingerprint density at radius 3 is 1.93 bits per heavy atom. The number of aliphatic hydroxyl groups is 2. The number of benzene rings is 2. The molecule has 31 nitrogen and oxygen atoms in total. The molecule has 0 saturated carbocycles. The van der Waals surface area contributed by atoms with E-state index in [0.717, 1.165) is 29.4 Å². The topological polar surface area (TPSA) is 418 Å². The second kappa shape index (κ2) is 27.8. The zero-order valence-electron chi connectivity index (χ0n) is 54.1. The van der Waals surface area contributed by atoms with E-state index in [1.807, 2.05) is 0 Å². The number of ether oxygens (including phenoxy) is 2. The van der Waals surface area contributed by atoms with Crippen molar-refractivity contribution >= 4 is 93.6 Å². The summed E-state index contributed by atoms with van der Waals surface area (Å²) in [4.78, 5) is 208. The van der Waals surface area contributed by atoms with Crippen LogP contribution in [0, 0.1) is 31.6 Å². The van der Waals surface area contributed by atoms with Crippen LogP contribution in [0.15, 0.2) is 21.3 Å². The molecule has 12 atom stereocenters. The van der Waals surface area contributed by atoms with Crippen LogP contribution in [0.1, 0.15) is 107 Å². The van der Waals surface area contributed by atoms with Crippen molar-refractivity contribution in [2.24, 2.45) is 17.8 Å². The fourth-order valence-corrected chi connectivity index (χ4v) is 11.8. The van der Waals surface area contributed by atoms with Gasteiger partial charge in [-0.3, -0.25) is 57.5 Å². The highest BCUT2D eigenvalue weighted by Gasteiger charge is 2.50. The molecule has 92 heavy (non-hydrogen) atoms. The van der Waals surface area contributed by atoms with Crippen molar-refractivity contribution in [2.75, 3.05) is 60.2 Å². The number of anilines is 1. The Morgan fingerprint density at radius 1 is 0.750 bits per heavy atom.